The predicted molar refractivity (Wildman–Crippen MR) is 205 cm³/mol. The van der Waals surface area contributed by atoms with Crippen LogP contribution in [0.1, 0.15) is 87.6 Å². The molecule has 3 aromatic rings. The van der Waals surface area contributed by atoms with Crippen molar-refractivity contribution in [2.24, 2.45) is 0 Å². The van der Waals surface area contributed by atoms with Gasteiger partial charge < -0.3 is 19.5 Å². The molecule has 1 saturated heterocycles. The molecule has 0 aromatic heterocycles. The van der Waals surface area contributed by atoms with Gasteiger partial charge in [-0.05, 0) is 125 Å². The molecule has 1 unspecified atom stereocenters. The number of hydroxylamine groups is 2. The second kappa shape index (κ2) is 19.3. The Morgan fingerprint density at radius 2 is 1.42 bits per heavy atom. The van der Waals surface area contributed by atoms with Gasteiger partial charge in [0.2, 0.25) is 5.91 Å². The third-order valence-electron chi connectivity index (χ3n) is 9.70. The number of carbonyl (C=O) groups is 4. The second-order valence-electron chi connectivity index (χ2n) is 14.2. The van der Waals surface area contributed by atoms with Gasteiger partial charge in [0.25, 0.3) is 5.91 Å². The van der Waals surface area contributed by atoms with E-state index in [0.717, 1.165) is 54.5 Å². The summed E-state index contributed by atoms with van der Waals surface area (Å²) in [4.78, 5) is 57.5. The standard InChI is InChI=1S/C29H38N2O5.C13H19NO3/c1-7-17-31-27(35)30(19-23-11-10-20(2)21(3)18-23)25(32)29(31,6)16-8-9-22-12-14-24(15-13-22)36-28(4,5)26(33)34;1-14(17-3)13(15)6-4-5-11-7-9-12(16-2)10-8-11/h10-15,18H,7-9,16-17,19H2,1-6H3,(H,33,34);7-10H,4-6H2,1-3H3. The number of carboxylic acids is 1. The number of carboxylic acid groups (broad SMARTS) is 1. The SMILES string of the molecule is CCCN1C(=O)N(Cc2ccc(C)c(C)c2)C(=O)C1(C)CCCc1ccc(OC(C)(C)C(=O)O)cc1.COc1ccc(CCCC(=O)N(C)OC)cc1. The monoisotopic (exact) mass is 731 g/mol. The predicted octanol–water partition coefficient (Wildman–Crippen LogP) is 7.54. The van der Waals surface area contributed by atoms with Crippen LogP contribution in [0.15, 0.2) is 66.7 Å². The zero-order chi connectivity index (χ0) is 39.3. The van der Waals surface area contributed by atoms with Gasteiger partial charge in [0.05, 0.1) is 20.8 Å². The van der Waals surface area contributed by atoms with Gasteiger partial charge in [0, 0.05) is 20.0 Å². The van der Waals surface area contributed by atoms with E-state index in [0.29, 0.717) is 25.1 Å². The number of aryl methyl sites for hydroxylation is 4. The number of hydrogen-bond acceptors (Lipinski definition) is 7. The first-order valence-electron chi connectivity index (χ1n) is 18.2. The first-order chi connectivity index (χ1) is 25.1. The fourth-order valence-corrected chi connectivity index (χ4v) is 6.08. The number of methoxy groups -OCH3 is 1. The van der Waals surface area contributed by atoms with Crippen LogP contribution in [0.4, 0.5) is 4.79 Å². The highest BCUT2D eigenvalue weighted by Gasteiger charge is 2.53. The van der Waals surface area contributed by atoms with Gasteiger partial charge in [-0.2, -0.15) is 0 Å². The molecule has 0 spiro atoms. The molecule has 4 rings (SSSR count). The van der Waals surface area contributed by atoms with E-state index in [1.807, 2.05) is 82.3 Å². The largest absolute Gasteiger partial charge is 0.497 e. The van der Waals surface area contributed by atoms with Crippen LogP contribution >= 0.6 is 0 Å². The van der Waals surface area contributed by atoms with Gasteiger partial charge in [-0.25, -0.2) is 14.7 Å². The maximum absolute atomic E-state index is 13.6. The average Bonchev–Trinajstić information content (AvgIpc) is 3.30. The molecule has 11 heteroatoms. The summed E-state index contributed by atoms with van der Waals surface area (Å²) in [6, 6.07) is 21.1. The lowest BCUT2D eigenvalue weighted by Crippen LogP contribution is -2.47. The summed E-state index contributed by atoms with van der Waals surface area (Å²) >= 11 is 0. The topological polar surface area (TPSA) is 126 Å². The van der Waals surface area contributed by atoms with Crippen molar-refractivity contribution in [3.8, 4) is 11.5 Å². The summed E-state index contributed by atoms with van der Waals surface area (Å²) in [5, 5.41) is 10.5. The Bertz CT molecular complexity index is 1690. The number of urea groups is 1. The zero-order valence-electron chi connectivity index (χ0n) is 32.9. The van der Waals surface area contributed by atoms with Crippen molar-refractivity contribution in [3.05, 3.63) is 94.5 Å². The van der Waals surface area contributed by atoms with E-state index in [9.17, 15) is 24.3 Å². The molecule has 1 N–H and O–H groups in total. The lowest BCUT2D eigenvalue weighted by molar-refractivity contribution is -0.168. The third kappa shape index (κ3) is 11.5. The fourth-order valence-electron chi connectivity index (χ4n) is 6.08. The Labute approximate surface area is 314 Å². The highest BCUT2D eigenvalue weighted by atomic mass is 16.7. The van der Waals surface area contributed by atoms with E-state index in [1.165, 1.54) is 42.0 Å². The number of hydrogen-bond donors (Lipinski definition) is 1. The number of aliphatic carboxylic acids is 1. The normalized spacial score (nSPS) is 15.6. The zero-order valence-corrected chi connectivity index (χ0v) is 32.9. The molecular formula is C42H57N3O8. The Balaban J connectivity index is 0.000000372. The number of ether oxygens (including phenoxy) is 2. The van der Waals surface area contributed by atoms with Crippen molar-refractivity contribution < 1.29 is 38.6 Å². The van der Waals surface area contributed by atoms with Crippen molar-refractivity contribution in [1.29, 1.82) is 0 Å². The number of nitrogens with zero attached hydrogens (tertiary/aromatic N) is 3. The molecule has 11 nitrogen and oxygen atoms in total. The van der Waals surface area contributed by atoms with Crippen LogP contribution in [0.5, 0.6) is 11.5 Å². The molecule has 3 aromatic carbocycles. The molecule has 1 aliphatic heterocycles. The number of amides is 4. The Morgan fingerprint density at radius 3 is 1.94 bits per heavy atom. The maximum Gasteiger partial charge on any atom is 0.347 e. The minimum Gasteiger partial charge on any atom is -0.497 e. The van der Waals surface area contributed by atoms with Crippen LogP contribution in [-0.2, 0) is 38.6 Å². The van der Waals surface area contributed by atoms with Gasteiger partial charge >= 0.3 is 12.0 Å². The number of carbonyl (C=O) groups excluding carboxylic acids is 3. The van der Waals surface area contributed by atoms with Gasteiger partial charge in [0.1, 0.15) is 17.0 Å². The minimum atomic E-state index is -1.31. The summed E-state index contributed by atoms with van der Waals surface area (Å²) < 4.78 is 10.6. The first-order valence-corrected chi connectivity index (χ1v) is 18.2. The molecule has 0 bridgehead atoms. The lowest BCUT2D eigenvalue weighted by Gasteiger charge is -2.31. The average molecular weight is 732 g/mol. The van der Waals surface area contributed by atoms with E-state index in [4.69, 9.17) is 14.3 Å². The summed E-state index contributed by atoms with van der Waals surface area (Å²) in [6.07, 6.45) is 5.00. The molecule has 288 valence electrons. The summed E-state index contributed by atoms with van der Waals surface area (Å²) in [7, 11) is 4.76. The van der Waals surface area contributed by atoms with Crippen LogP contribution in [-0.4, -0.2) is 82.7 Å². The number of benzene rings is 3. The Morgan fingerprint density at radius 1 is 0.849 bits per heavy atom. The molecule has 1 heterocycles. The summed E-state index contributed by atoms with van der Waals surface area (Å²) in [6.45, 7) is 11.8. The molecule has 4 amide bonds. The van der Waals surface area contributed by atoms with E-state index in [2.05, 4.69) is 0 Å². The van der Waals surface area contributed by atoms with Gasteiger partial charge in [-0.15, -0.1) is 0 Å². The first kappa shape index (κ1) is 42.5. The van der Waals surface area contributed by atoms with Crippen molar-refractivity contribution in [3.63, 3.8) is 0 Å². The smallest absolute Gasteiger partial charge is 0.347 e. The van der Waals surface area contributed by atoms with Crippen LogP contribution in [0.2, 0.25) is 0 Å². The number of rotatable bonds is 17. The molecule has 1 fully saturated rings. The Hall–Kier alpha value is -4.90. The Kier molecular flexibility index (Phi) is 15.4. The molecule has 53 heavy (non-hydrogen) atoms. The van der Waals surface area contributed by atoms with E-state index < -0.39 is 17.1 Å². The maximum atomic E-state index is 13.6. The highest BCUT2D eigenvalue weighted by molar-refractivity contribution is 6.06. The third-order valence-corrected chi connectivity index (χ3v) is 9.70. The molecule has 0 saturated carbocycles. The molecule has 1 atom stereocenters. The lowest BCUT2D eigenvalue weighted by atomic mass is 9.91. The molecule has 1 aliphatic rings. The summed E-state index contributed by atoms with van der Waals surface area (Å²) in [5.41, 5.74) is 3.36. The van der Waals surface area contributed by atoms with Crippen molar-refractivity contribution in [2.45, 2.75) is 104 Å². The molecular weight excluding hydrogens is 674 g/mol. The van der Waals surface area contributed by atoms with Crippen LogP contribution in [0.25, 0.3) is 0 Å². The van der Waals surface area contributed by atoms with Gasteiger partial charge in [0.15, 0.2) is 5.60 Å². The van der Waals surface area contributed by atoms with Crippen LogP contribution < -0.4 is 9.47 Å². The van der Waals surface area contributed by atoms with E-state index in [-0.39, 0.29) is 24.4 Å². The van der Waals surface area contributed by atoms with Crippen molar-refractivity contribution >= 4 is 23.8 Å². The molecule has 0 aliphatic carbocycles. The second-order valence-corrected chi connectivity index (χ2v) is 14.2. The molecule has 0 radical (unpaired) electrons. The number of imide groups is 1. The quantitative estimate of drug-likeness (QED) is 0.112. The van der Waals surface area contributed by atoms with Crippen LogP contribution in [0, 0.1) is 13.8 Å². The van der Waals surface area contributed by atoms with E-state index in [1.54, 1.807) is 31.2 Å². The van der Waals surface area contributed by atoms with E-state index >= 15 is 0 Å². The minimum absolute atomic E-state index is 0.000937. The van der Waals surface area contributed by atoms with Crippen molar-refractivity contribution in [2.75, 3.05) is 27.8 Å². The van der Waals surface area contributed by atoms with Gasteiger partial charge in [-0.3, -0.25) is 19.3 Å². The summed E-state index contributed by atoms with van der Waals surface area (Å²) in [5.74, 6) is 0.174. The fraction of sp³-hybridized carbons (Fsp3) is 0.476. The highest BCUT2D eigenvalue weighted by Crippen LogP contribution is 2.34. The van der Waals surface area contributed by atoms with Crippen molar-refractivity contribution in [1.82, 2.24) is 14.9 Å². The van der Waals surface area contributed by atoms with Crippen LogP contribution in [0.3, 0.4) is 0 Å². The van der Waals surface area contributed by atoms with Gasteiger partial charge in [-0.1, -0.05) is 49.4 Å².